The number of sulfonamides is 1. The zero-order chi connectivity index (χ0) is 26.7. The van der Waals surface area contributed by atoms with E-state index < -0.39 is 27.6 Å². The highest BCUT2D eigenvalue weighted by atomic mass is 32.2. The standard InChI is InChI=1S/C25H26N4O6S3/c30-18-15-29(38(34,35)16-5-4-10-27(33)14-16)17-6-11-28(22(17)18)24(32)25(8-2-1-3-9-25)26-23(31)21-13-20-19(37-21)7-12-36-20/h4-5,7,10,12-14,17,22H,1-3,6,8-9,11,15H2,(H,26,31). The highest BCUT2D eigenvalue weighted by Crippen LogP contribution is 2.38. The Bertz CT molecular complexity index is 1510. The van der Waals surface area contributed by atoms with Gasteiger partial charge in [-0.05, 0) is 42.8 Å². The summed E-state index contributed by atoms with van der Waals surface area (Å²) in [6, 6.07) is 4.84. The van der Waals surface area contributed by atoms with Gasteiger partial charge in [0.15, 0.2) is 18.2 Å². The average molecular weight is 575 g/mol. The van der Waals surface area contributed by atoms with Gasteiger partial charge in [-0.25, -0.2) is 8.42 Å². The molecule has 13 heteroatoms. The molecular weight excluding hydrogens is 548 g/mol. The van der Waals surface area contributed by atoms with E-state index in [0.717, 1.165) is 39.2 Å². The number of pyridine rings is 1. The lowest BCUT2D eigenvalue weighted by molar-refractivity contribution is -0.607. The van der Waals surface area contributed by atoms with Crippen LogP contribution in [0.15, 0.2) is 46.9 Å². The van der Waals surface area contributed by atoms with Gasteiger partial charge < -0.3 is 15.4 Å². The van der Waals surface area contributed by atoms with Crippen LogP contribution in [0.1, 0.15) is 48.2 Å². The fourth-order valence-corrected chi connectivity index (χ4v) is 9.66. The Labute approximate surface area is 227 Å². The third kappa shape index (κ3) is 4.12. The number of rotatable bonds is 5. The number of ketones is 1. The summed E-state index contributed by atoms with van der Waals surface area (Å²) in [6.45, 7) is -0.144. The van der Waals surface area contributed by atoms with Gasteiger partial charge in [0.2, 0.25) is 15.9 Å². The van der Waals surface area contributed by atoms with Crippen LogP contribution in [0.4, 0.5) is 0 Å². The molecule has 3 aromatic rings. The van der Waals surface area contributed by atoms with E-state index in [4.69, 9.17) is 0 Å². The van der Waals surface area contributed by atoms with Crippen LogP contribution in [0, 0.1) is 5.21 Å². The van der Waals surface area contributed by atoms with Crippen LogP contribution in [-0.4, -0.2) is 65.9 Å². The van der Waals surface area contributed by atoms with Crippen molar-refractivity contribution in [2.75, 3.05) is 13.1 Å². The van der Waals surface area contributed by atoms with Gasteiger partial charge in [0, 0.05) is 22.0 Å². The molecule has 1 N–H and O–H groups in total. The molecule has 2 unspecified atom stereocenters. The largest absolute Gasteiger partial charge is 0.619 e. The van der Waals surface area contributed by atoms with E-state index in [-0.39, 0.29) is 35.6 Å². The molecule has 1 aliphatic carbocycles. The first-order valence-electron chi connectivity index (χ1n) is 12.5. The first kappa shape index (κ1) is 25.4. The zero-order valence-electron chi connectivity index (χ0n) is 20.4. The van der Waals surface area contributed by atoms with Gasteiger partial charge in [0.05, 0.1) is 17.5 Å². The Morgan fingerprint density at radius 2 is 1.95 bits per heavy atom. The number of Topliss-reactive ketones (excluding diaryl/α,β-unsaturated/α-hetero) is 1. The van der Waals surface area contributed by atoms with Crippen LogP contribution in [-0.2, 0) is 19.6 Å². The van der Waals surface area contributed by atoms with Crippen molar-refractivity contribution in [1.82, 2.24) is 14.5 Å². The molecule has 5 heterocycles. The maximum atomic E-state index is 14.1. The molecule has 2 saturated heterocycles. The van der Waals surface area contributed by atoms with Gasteiger partial charge in [-0.3, -0.25) is 14.4 Å². The summed E-state index contributed by atoms with van der Waals surface area (Å²) in [5.74, 6) is -0.978. The maximum absolute atomic E-state index is 14.1. The van der Waals surface area contributed by atoms with E-state index in [1.165, 1.54) is 34.6 Å². The number of nitrogens with zero attached hydrogens (tertiary/aromatic N) is 3. The normalized spacial score (nSPS) is 23.6. The second kappa shape index (κ2) is 9.40. The third-order valence-electron chi connectivity index (χ3n) is 7.83. The fraction of sp³-hybridized carbons (Fsp3) is 0.440. The van der Waals surface area contributed by atoms with Crippen molar-refractivity contribution in [1.29, 1.82) is 0 Å². The summed E-state index contributed by atoms with van der Waals surface area (Å²) in [5.41, 5.74) is -1.14. The molecule has 0 spiro atoms. The van der Waals surface area contributed by atoms with Crippen molar-refractivity contribution < 1.29 is 27.5 Å². The number of carbonyl (C=O) groups excluding carboxylic acids is 3. The van der Waals surface area contributed by atoms with Crippen LogP contribution in [0.2, 0.25) is 0 Å². The fourth-order valence-electron chi connectivity index (χ4n) is 6.02. The number of hydrogen-bond donors (Lipinski definition) is 1. The second-order valence-electron chi connectivity index (χ2n) is 10.1. The summed E-state index contributed by atoms with van der Waals surface area (Å²) in [4.78, 5) is 42.4. The molecule has 3 aliphatic rings. The topological polar surface area (TPSA) is 131 Å². The molecular formula is C25H26N4O6S3. The van der Waals surface area contributed by atoms with E-state index in [0.29, 0.717) is 28.9 Å². The predicted octanol–water partition coefficient (Wildman–Crippen LogP) is 2.27. The van der Waals surface area contributed by atoms with Gasteiger partial charge in [-0.1, -0.05) is 19.3 Å². The first-order chi connectivity index (χ1) is 18.2. The molecule has 2 amide bonds. The molecule has 2 aliphatic heterocycles. The van der Waals surface area contributed by atoms with E-state index in [1.807, 2.05) is 17.5 Å². The zero-order valence-corrected chi connectivity index (χ0v) is 22.8. The highest BCUT2D eigenvalue weighted by molar-refractivity contribution is 7.89. The summed E-state index contributed by atoms with van der Waals surface area (Å²) < 4.78 is 30.2. The number of likely N-dealkylation sites (tertiary alicyclic amines) is 1. The van der Waals surface area contributed by atoms with E-state index in [2.05, 4.69) is 5.32 Å². The van der Waals surface area contributed by atoms with Gasteiger partial charge in [0.1, 0.15) is 16.5 Å². The SMILES string of the molecule is O=C(NC1(C(=O)N2CCC3C2C(=O)CN3S(=O)(=O)c2ccc[n+]([O-])c2)CCCCC1)c1cc2sccc2s1. The highest BCUT2D eigenvalue weighted by Gasteiger charge is 2.57. The van der Waals surface area contributed by atoms with E-state index in [1.54, 1.807) is 11.3 Å². The van der Waals surface area contributed by atoms with Crippen molar-refractivity contribution in [2.24, 2.45) is 0 Å². The van der Waals surface area contributed by atoms with Crippen molar-refractivity contribution in [3.05, 3.63) is 52.1 Å². The minimum Gasteiger partial charge on any atom is -0.619 e. The van der Waals surface area contributed by atoms with E-state index >= 15 is 0 Å². The predicted molar refractivity (Wildman–Crippen MR) is 141 cm³/mol. The molecule has 6 rings (SSSR count). The third-order valence-corrected chi connectivity index (χ3v) is 11.8. The number of thiophene rings is 2. The Morgan fingerprint density at radius 1 is 1.16 bits per heavy atom. The van der Waals surface area contributed by atoms with Gasteiger partial charge in [-0.2, -0.15) is 9.04 Å². The number of hydrogen-bond acceptors (Lipinski definition) is 8. The molecule has 38 heavy (non-hydrogen) atoms. The molecule has 10 nitrogen and oxygen atoms in total. The lowest BCUT2D eigenvalue weighted by atomic mass is 9.80. The minimum absolute atomic E-state index is 0.194. The summed E-state index contributed by atoms with van der Waals surface area (Å²) in [7, 11) is -4.11. The quantitative estimate of drug-likeness (QED) is 0.368. The number of fused-ring (bicyclic) bond motifs is 2. The Morgan fingerprint density at radius 3 is 2.68 bits per heavy atom. The smallest absolute Gasteiger partial charge is 0.262 e. The molecule has 3 fully saturated rings. The minimum atomic E-state index is -4.11. The van der Waals surface area contributed by atoms with Crippen molar-refractivity contribution in [2.45, 2.75) is 61.0 Å². The lowest BCUT2D eigenvalue weighted by Crippen LogP contribution is -2.62. The Kier molecular flexibility index (Phi) is 6.29. The molecule has 3 aromatic heterocycles. The van der Waals surface area contributed by atoms with Crippen LogP contribution >= 0.6 is 22.7 Å². The molecule has 0 radical (unpaired) electrons. The summed E-state index contributed by atoms with van der Waals surface area (Å²) in [6.07, 6.45) is 5.88. The maximum Gasteiger partial charge on any atom is 0.262 e. The number of amides is 2. The molecule has 200 valence electrons. The van der Waals surface area contributed by atoms with Crippen molar-refractivity contribution >= 4 is 59.7 Å². The number of nitrogens with one attached hydrogen (secondary N) is 1. The van der Waals surface area contributed by atoms with Gasteiger partial charge >= 0.3 is 0 Å². The van der Waals surface area contributed by atoms with Crippen LogP contribution in [0.5, 0.6) is 0 Å². The number of aromatic nitrogens is 1. The second-order valence-corrected chi connectivity index (χ2v) is 14.0. The molecule has 0 aromatic carbocycles. The van der Waals surface area contributed by atoms with Crippen molar-refractivity contribution in [3.8, 4) is 0 Å². The van der Waals surface area contributed by atoms with Crippen LogP contribution in [0.25, 0.3) is 9.40 Å². The summed E-state index contributed by atoms with van der Waals surface area (Å²) in [5, 5.41) is 16.7. The summed E-state index contributed by atoms with van der Waals surface area (Å²) >= 11 is 2.94. The molecule has 1 saturated carbocycles. The van der Waals surface area contributed by atoms with Crippen molar-refractivity contribution in [3.63, 3.8) is 0 Å². The monoisotopic (exact) mass is 574 g/mol. The Hall–Kier alpha value is -2.87. The number of carbonyl (C=O) groups is 3. The van der Waals surface area contributed by atoms with Gasteiger partial charge in [-0.15, -0.1) is 22.7 Å². The molecule has 2 atom stereocenters. The first-order valence-corrected chi connectivity index (χ1v) is 15.7. The van der Waals surface area contributed by atoms with E-state index in [9.17, 15) is 28.0 Å². The van der Waals surface area contributed by atoms with Crippen LogP contribution < -0.4 is 10.0 Å². The lowest BCUT2D eigenvalue weighted by Gasteiger charge is -2.40. The average Bonchev–Trinajstić information content (AvgIpc) is 3.66. The van der Waals surface area contributed by atoms with Crippen LogP contribution in [0.3, 0.4) is 0 Å². The molecule has 0 bridgehead atoms. The Balaban J connectivity index is 1.26. The van der Waals surface area contributed by atoms with Gasteiger partial charge in [0.25, 0.3) is 5.91 Å².